The lowest BCUT2D eigenvalue weighted by Crippen LogP contribution is -2.16. The first-order chi connectivity index (χ1) is 35.5. The van der Waals surface area contributed by atoms with E-state index >= 15 is 0 Å². The van der Waals surface area contributed by atoms with Crippen LogP contribution in [0.1, 0.15) is 52.7 Å². The molecule has 0 spiro atoms. The highest BCUT2D eigenvalue weighted by molar-refractivity contribution is 6.22. The second-order valence-corrected chi connectivity index (χ2v) is 21.6. The molecule has 0 atom stereocenters. The van der Waals surface area contributed by atoms with E-state index in [1.54, 1.807) is 0 Å². The zero-order valence-electron chi connectivity index (χ0n) is 42.5. The van der Waals surface area contributed by atoms with Gasteiger partial charge < -0.3 is 4.90 Å². The van der Waals surface area contributed by atoms with Crippen LogP contribution in [-0.2, 0) is 10.8 Å². The van der Waals surface area contributed by atoms with E-state index < -0.39 is 0 Å². The molecule has 0 radical (unpaired) electrons. The number of fused-ring (bicyclic) bond motifs is 4. The van der Waals surface area contributed by atoms with Crippen molar-refractivity contribution in [3.8, 4) is 55.8 Å². The van der Waals surface area contributed by atoms with E-state index in [0.717, 1.165) is 61.5 Å². The average molecular weight is 939 g/mol. The molecule has 0 aliphatic heterocycles. The van der Waals surface area contributed by atoms with E-state index in [9.17, 15) is 0 Å². The zero-order valence-corrected chi connectivity index (χ0v) is 42.5. The van der Waals surface area contributed by atoms with Gasteiger partial charge in [0.15, 0.2) is 0 Å². The highest BCUT2D eigenvalue weighted by Crippen LogP contribution is 2.46. The summed E-state index contributed by atoms with van der Waals surface area (Å²) in [5.41, 5.74) is 18.4. The van der Waals surface area contributed by atoms with E-state index in [4.69, 9.17) is 4.98 Å². The number of nitrogens with zero attached hydrogens (tertiary/aromatic N) is 2. The number of hydrogen-bond acceptors (Lipinski definition) is 2. The van der Waals surface area contributed by atoms with Gasteiger partial charge in [-0.05, 0) is 154 Å². The summed E-state index contributed by atoms with van der Waals surface area (Å²) in [5, 5.41) is 8.60. The molecule has 0 aliphatic rings. The largest absolute Gasteiger partial charge is 0.311 e. The summed E-state index contributed by atoms with van der Waals surface area (Å²) in [7, 11) is 0. The van der Waals surface area contributed by atoms with Gasteiger partial charge in [0.1, 0.15) is 0 Å². The maximum Gasteiger partial charge on any atom is 0.0794 e. The van der Waals surface area contributed by atoms with Gasteiger partial charge in [-0.2, -0.15) is 0 Å². The van der Waals surface area contributed by atoms with Crippen molar-refractivity contribution in [3.05, 3.63) is 254 Å². The molecule has 11 aromatic carbocycles. The van der Waals surface area contributed by atoms with Crippen LogP contribution < -0.4 is 4.90 Å². The van der Waals surface area contributed by atoms with Gasteiger partial charge in [-0.3, -0.25) is 0 Å². The minimum atomic E-state index is -0.0464. The monoisotopic (exact) mass is 938 g/mol. The fourth-order valence-electron chi connectivity index (χ4n) is 10.8. The minimum Gasteiger partial charge on any atom is -0.311 e. The molecular weight excluding hydrogens is 881 g/mol. The van der Waals surface area contributed by atoms with Crippen molar-refractivity contribution in [2.45, 2.75) is 52.4 Å². The van der Waals surface area contributed by atoms with Crippen molar-refractivity contribution >= 4 is 60.3 Å². The summed E-state index contributed by atoms with van der Waals surface area (Å²) >= 11 is 0. The first kappa shape index (κ1) is 45.5. The van der Waals surface area contributed by atoms with Gasteiger partial charge in [0, 0.05) is 33.6 Å². The standard InChI is InChI=1S/C71H58N2/c1-70(2,3)54-43-53(44-55(45-54)71(4,5)6)66-46-65(49-38-40-58(41-39-49)73(56-22-9-7-10-23-56)57-24-11-8-12-25-57)64-31-19-30-59(69(64)72-66)48-33-35-50(36-34-48)67-60-26-15-17-28-62(60)68(63-29-18-16-27-61(63)67)52-37-32-47-20-13-14-21-51(47)42-52/h7-46H,1-6H3. The number of pyridine rings is 1. The minimum absolute atomic E-state index is 0.0464. The van der Waals surface area contributed by atoms with Gasteiger partial charge in [-0.15, -0.1) is 0 Å². The Morgan fingerprint density at radius 3 is 1.30 bits per heavy atom. The van der Waals surface area contributed by atoms with Crippen molar-refractivity contribution in [3.63, 3.8) is 0 Å². The van der Waals surface area contributed by atoms with Crippen molar-refractivity contribution in [1.29, 1.82) is 0 Å². The average Bonchev–Trinajstić information content (AvgIpc) is 3.42. The molecule has 352 valence electrons. The van der Waals surface area contributed by atoms with Crippen molar-refractivity contribution in [2.75, 3.05) is 4.90 Å². The summed E-state index contributed by atoms with van der Waals surface area (Å²) < 4.78 is 0. The number of aromatic nitrogens is 1. The first-order valence-electron chi connectivity index (χ1n) is 25.6. The summed E-state index contributed by atoms with van der Waals surface area (Å²) in [6.07, 6.45) is 0. The molecule has 0 bridgehead atoms. The van der Waals surface area contributed by atoms with Crippen molar-refractivity contribution < 1.29 is 0 Å². The zero-order chi connectivity index (χ0) is 49.8. The van der Waals surface area contributed by atoms with Gasteiger partial charge in [0.25, 0.3) is 0 Å². The predicted octanol–water partition coefficient (Wildman–Crippen LogP) is 20.1. The van der Waals surface area contributed by atoms with Gasteiger partial charge in [-0.1, -0.05) is 224 Å². The molecule has 12 aromatic rings. The van der Waals surface area contributed by atoms with E-state index in [1.165, 1.54) is 65.7 Å². The van der Waals surface area contributed by atoms with E-state index in [-0.39, 0.29) is 10.8 Å². The normalized spacial score (nSPS) is 12.0. The van der Waals surface area contributed by atoms with Crippen LogP contribution in [0.5, 0.6) is 0 Å². The molecule has 0 unspecified atom stereocenters. The maximum atomic E-state index is 5.69. The second-order valence-electron chi connectivity index (χ2n) is 21.6. The Bertz CT molecular complexity index is 3880. The fraction of sp³-hybridized carbons (Fsp3) is 0.113. The highest BCUT2D eigenvalue weighted by Gasteiger charge is 2.24. The molecule has 2 heteroatoms. The lowest BCUT2D eigenvalue weighted by Gasteiger charge is -2.26. The Morgan fingerprint density at radius 2 is 0.740 bits per heavy atom. The van der Waals surface area contributed by atoms with Gasteiger partial charge in [0.2, 0.25) is 0 Å². The summed E-state index contributed by atoms with van der Waals surface area (Å²) in [4.78, 5) is 8.01. The van der Waals surface area contributed by atoms with Crippen molar-refractivity contribution in [2.24, 2.45) is 0 Å². The number of hydrogen-bond donors (Lipinski definition) is 0. The van der Waals surface area contributed by atoms with E-state index in [2.05, 4.69) is 289 Å². The third-order valence-electron chi connectivity index (χ3n) is 14.7. The van der Waals surface area contributed by atoms with E-state index in [1.807, 2.05) is 0 Å². The van der Waals surface area contributed by atoms with Gasteiger partial charge >= 0.3 is 0 Å². The first-order valence-corrected chi connectivity index (χ1v) is 25.6. The number of rotatable bonds is 8. The third-order valence-corrected chi connectivity index (χ3v) is 14.7. The number of para-hydroxylation sites is 3. The molecule has 1 heterocycles. The molecule has 0 amide bonds. The summed E-state index contributed by atoms with van der Waals surface area (Å²) in [5.74, 6) is 0. The van der Waals surface area contributed by atoms with Crippen LogP contribution in [0.4, 0.5) is 17.1 Å². The molecule has 0 saturated heterocycles. The predicted molar refractivity (Wildman–Crippen MR) is 314 cm³/mol. The van der Waals surface area contributed by atoms with Crippen LogP contribution in [0.15, 0.2) is 243 Å². The quantitative estimate of drug-likeness (QED) is 0.141. The van der Waals surface area contributed by atoms with Crippen LogP contribution >= 0.6 is 0 Å². The molecular formula is C71H58N2. The lowest BCUT2D eigenvalue weighted by atomic mass is 9.79. The Labute approximate surface area is 429 Å². The number of benzene rings is 11. The topological polar surface area (TPSA) is 16.1 Å². The van der Waals surface area contributed by atoms with Crippen LogP contribution in [0.25, 0.3) is 99.0 Å². The second kappa shape index (κ2) is 18.2. The Kier molecular flexibility index (Phi) is 11.4. The molecule has 0 aliphatic carbocycles. The third kappa shape index (κ3) is 8.53. The van der Waals surface area contributed by atoms with Gasteiger partial charge in [0.05, 0.1) is 11.2 Å². The van der Waals surface area contributed by atoms with Gasteiger partial charge in [-0.25, -0.2) is 4.98 Å². The smallest absolute Gasteiger partial charge is 0.0794 e. The van der Waals surface area contributed by atoms with Crippen LogP contribution in [0, 0.1) is 0 Å². The molecule has 73 heavy (non-hydrogen) atoms. The van der Waals surface area contributed by atoms with Crippen molar-refractivity contribution in [1.82, 2.24) is 4.98 Å². The fourth-order valence-corrected chi connectivity index (χ4v) is 10.8. The van der Waals surface area contributed by atoms with Crippen LogP contribution in [0.2, 0.25) is 0 Å². The lowest BCUT2D eigenvalue weighted by molar-refractivity contribution is 0.569. The maximum absolute atomic E-state index is 5.69. The highest BCUT2D eigenvalue weighted by atomic mass is 15.1. The number of anilines is 3. The molecule has 12 rings (SSSR count). The van der Waals surface area contributed by atoms with E-state index in [0.29, 0.717) is 0 Å². The Balaban J connectivity index is 1.02. The molecule has 0 fully saturated rings. The van der Waals surface area contributed by atoms with Crippen LogP contribution in [0.3, 0.4) is 0 Å². The molecule has 2 nitrogen and oxygen atoms in total. The van der Waals surface area contributed by atoms with Crippen LogP contribution in [-0.4, -0.2) is 4.98 Å². The Hall–Kier alpha value is -8.59. The molecule has 0 N–H and O–H groups in total. The molecule has 0 saturated carbocycles. The Morgan fingerprint density at radius 1 is 0.301 bits per heavy atom. The SMILES string of the molecule is CC(C)(C)c1cc(-c2cc(-c3ccc(N(c4ccccc4)c4ccccc4)cc3)c3cccc(-c4ccc(-c5c6ccccc6c(-c6ccc7ccccc7c6)c6ccccc56)cc4)c3n2)cc(C(C)(C)C)c1. The summed E-state index contributed by atoms with van der Waals surface area (Å²) in [6.45, 7) is 13.8. The summed E-state index contributed by atoms with van der Waals surface area (Å²) in [6, 6.07) is 89.0. The molecule has 1 aromatic heterocycles.